The summed E-state index contributed by atoms with van der Waals surface area (Å²) >= 11 is 0. The van der Waals surface area contributed by atoms with E-state index in [2.05, 4.69) is 19.2 Å². The fraction of sp³-hybridized carbons (Fsp3) is 0.533. The molecule has 0 fully saturated rings. The lowest BCUT2D eigenvalue weighted by Gasteiger charge is -2.16. The Morgan fingerprint density at radius 1 is 1.37 bits per heavy atom. The van der Waals surface area contributed by atoms with Gasteiger partial charge < -0.3 is 11.1 Å². The van der Waals surface area contributed by atoms with E-state index in [0.717, 1.165) is 6.42 Å². The Hall–Kier alpha value is -1.42. The molecule has 4 heteroatoms. The first-order valence-electron chi connectivity index (χ1n) is 6.73. The molecule has 1 amide bonds. The van der Waals surface area contributed by atoms with Crippen molar-refractivity contribution in [2.45, 2.75) is 33.2 Å². The molecule has 1 atom stereocenters. The van der Waals surface area contributed by atoms with Gasteiger partial charge in [0.05, 0.1) is 0 Å². The zero-order valence-electron chi connectivity index (χ0n) is 11.7. The Morgan fingerprint density at radius 2 is 2.05 bits per heavy atom. The van der Waals surface area contributed by atoms with E-state index in [1.54, 1.807) is 18.2 Å². The molecular formula is C15H23FN2O. The maximum atomic E-state index is 13.4. The van der Waals surface area contributed by atoms with Gasteiger partial charge in [0.2, 0.25) is 5.91 Å². The third-order valence-electron chi connectivity index (χ3n) is 3.05. The van der Waals surface area contributed by atoms with Crippen molar-refractivity contribution in [3.63, 3.8) is 0 Å². The minimum Gasteiger partial charge on any atom is -0.352 e. The summed E-state index contributed by atoms with van der Waals surface area (Å²) in [6, 6.07) is 6.45. The van der Waals surface area contributed by atoms with Gasteiger partial charge in [0.1, 0.15) is 5.82 Å². The minimum atomic E-state index is -0.291. The molecular weight excluding hydrogens is 243 g/mol. The number of carbonyl (C=O) groups is 1. The maximum Gasteiger partial charge on any atom is 0.220 e. The molecule has 0 aliphatic rings. The summed E-state index contributed by atoms with van der Waals surface area (Å²) in [5.74, 6) is 0.355. The van der Waals surface area contributed by atoms with Gasteiger partial charge in [-0.05, 0) is 30.9 Å². The van der Waals surface area contributed by atoms with Crippen molar-refractivity contribution in [3.05, 3.63) is 35.6 Å². The van der Waals surface area contributed by atoms with Crippen LogP contribution in [0.4, 0.5) is 4.39 Å². The highest BCUT2D eigenvalue weighted by Crippen LogP contribution is 2.14. The largest absolute Gasteiger partial charge is 0.352 e. The topological polar surface area (TPSA) is 55.1 Å². The average molecular weight is 266 g/mol. The molecule has 1 aromatic rings. The van der Waals surface area contributed by atoms with Crippen molar-refractivity contribution in [1.82, 2.24) is 5.32 Å². The Morgan fingerprint density at radius 3 is 2.63 bits per heavy atom. The molecule has 0 aromatic heterocycles. The first-order valence-corrected chi connectivity index (χ1v) is 6.73. The van der Waals surface area contributed by atoms with E-state index in [-0.39, 0.29) is 24.2 Å². The average Bonchev–Trinajstić information content (AvgIpc) is 2.36. The molecule has 0 saturated heterocycles. The van der Waals surface area contributed by atoms with Gasteiger partial charge in [-0.3, -0.25) is 4.79 Å². The van der Waals surface area contributed by atoms with Crippen LogP contribution in [0.3, 0.4) is 0 Å². The SMILES string of the molecule is CC(C)CC(CN)CC(=O)NCc1ccccc1F. The molecule has 0 radical (unpaired) electrons. The van der Waals surface area contributed by atoms with Crippen LogP contribution in [-0.4, -0.2) is 12.5 Å². The maximum absolute atomic E-state index is 13.4. The third kappa shape index (κ3) is 5.83. The predicted octanol–water partition coefficient (Wildman–Crippen LogP) is 2.45. The van der Waals surface area contributed by atoms with Gasteiger partial charge in [0, 0.05) is 18.5 Å². The van der Waals surface area contributed by atoms with Crippen LogP contribution < -0.4 is 11.1 Å². The molecule has 1 unspecified atom stereocenters. The summed E-state index contributed by atoms with van der Waals surface area (Å²) in [4.78, 5) is 11.8. The molecule has 0 aliphatic heterocycles. The van der Waals surface area contributed by atoms with Crippen molar-refractivity contribution >= 4 is 5.91 Å². The monoisotopic (exact) mass is 266 g/mol. The molecule has 3 nitrogen and oxygen atoms in total. The Balaban J connectivity index is 2.41. The number of nitrogens with one attached hydrogen (secondary N) is 1. The lowest BCUT2D eigenvalue weighted by atomic mass is 9.94. The molecule has 19 heavy (non-hydrogen) atoms. The van der Waals surface area contributed by atoms with Crippen molar-refractivity contribution in [3.8, 4) is 0 Å². The number of hydrogen-bond acceptors (Lipinski definition) is 2. The number of amides is 1. The van der Waals surface area contributed by atoms with Crippen LogP contribution in [0.1, 0.15) is 32.3 Å². The van der Waals surface area contributed by atoms with E-state index in [0.29, 0.717) is 24.4 Å². The summed E-state index contributed by atoms with van der Waals surface area (Å²) in [6.07, 6.45) is 1.34. The van der Waals surface area contributed by atoms with Crippen LogP contribution in [0.25, 0.3) is 0 Å². The van der Waals surface area contributed by atoms with Gasteiger partial charge in [0.15, 0.2) is 0 Å². The van der Waals surface area contributed by atoms with Crippen LogP contribution in [0.2, 0.25) is 0 Å². The number of rotatable bonds is 7. The van der Waals surface area contributed by atoms with Crippen LogP contribution in [0.5, 0.6) is 0 Å². The van der Waals surface area contributed by atoms with Crippen LogP contribution in [0, 0.1) is 17.7 Å². The number of carbonyl (C=O) groups excluding carboxylic acids is 1. The second-order valence-corrected chi connectivity index (χ2v) is 5.30. The van der Waals surface area contributed by atoms with Crippen molar-refractivity contribution in [2.75, 3.05) is 6.54 Å². The highest BCUT2D eigenvalue weighted by atomic mass is 19.1. The van der Waals surface area contributed by atoms with Gasteiger partial charge in [-0.1, -0.05) is 32.0 Å². The molecule has 106 valence electrons. The molecule has 3 N–H and O–H groups in total. The number of hydrogen-bond donors (Lipinski definition) is 2. The third-order valence-corrected chi connectivity index (χ3v) is 3.05. The molecule has 1 rings (SSSR count). The highest BCUT2D eigenvalue weighted by Gasteiger charge is 2.14. The van der Waals surface area contributed by atoms with Crippen molar-refractivity contribution < 1.29 is 9.18 Å². The lowest BCUT2D eigenvalue weighted by Crippen LogP contribution is -2.28. The molecule has 0 saturated carbocycles. The molecule has 0 bridgehead atoms. The fourth-order valence-electron chi connectivity index (χ4n) is 2.10. The van der Waals surface area contributed by atoms with Crippen molar-refractivity contribution in [2.24, 2.45) is 17.6 Å². The quantitative estimate of drug-likeness (QED) is 0.796. The highest BCUT2D eigenvalue weighted by molar-refractivity contribution is 5.76. The summed E-state index contributed by atoms with van der Waals surface area (Å²) in [7, 11) is 0. The van der Waals surface area contributed by atoms with E-state index in [1.165, 1.54) is 6.07 Å². The minimum absolute atomic E-state index is 0.0700. The number of halogens is 1. The van der Waals surface area contributed by atoms with Gasteiger partial charge in [-0.2, -0.15) is 0 Å². The molecule has 0 heterocycles. The van der Waals surface area contributed by atoms with Gasteiger partial charge in [-0.15, -0.1) is 0 Å². The first kappa shape index (κ1) is 15.6. The summed E-state index contributed by atoms with van der Waals surface area (Å²) in [5, 5.41) is 2.74. The zero-order chi connectivity index (χ0) is 14.3. The normalized spacial score (nSPS) is 12.5. The van der Waals surface area contributed by atoms with Gasteiger partial charge in [-0.25, -0.2) is 4.39 Å². The standard InChI is InChI=1S/C15H23FN2O/c1-11(2)7-12(9-17)8-15(19)18-10-13-5-3-4-6-14(13)16/h3-6,11-12H,7-10,17H2,1-2H3,(H,18,19). The van der Waals surface area contributed by atoms with E-state index in [4.69, 9.17) is 5.73 Å². The Labute approximate surface area is 114 Å². The fourth-order valence-corrected chi connectivity index (χ4v) is 2.10. The molecule has 1 aromatic carbocycles. The lowest BCUT2D eigenvalue weighted by molar-refractivity contribution is -0.122. The summed E-state index contributed by atoms with van der Waals surface area (Å²) in [5.41, 5.74) is 6.16. The second-order valence-electron chi connectivity index (χ2n) is 5.30. The zero-order valence-corrected chi connectivity index (χ0v) is 11.7. The van der Waals surface area contributed by atoms with Crippen LogP contribution in [0.15, 0.2) is 24.3 Å². The smallest absolute Gasteiger partial charge is 0.220 e. The van der Waals surface area contributed by atoms with Crippen LogP contribution in [-0.2, 0) is 11.3 Å². The Bertz CT molecular complexity index is 407. The van der Waals surface area contributed by atoms with Gasteiger partial charge >= 0.3 is 0 Å². The summed E-state index contributed by atoms with van der Waals surface area (Å²) in [6.45, 7) is 4.95. The summed E-state index contributed by atoms with van der Waals surface area (Å²) < 4.78 is 13.4. The van der Waals surface area contributed by atoms with E-state index < -0.39 is 0 Å². The second kappa shape index (κ2) is 7.89. The van der Waals surface area contributed by atoms with Crippen LogP contribution >= 0.6 is 0 Å². The van der Waals surface area contributed by atoms with Gasteiger partial charge in [0.25, 0.3) is 0 Å². The predicted molar refractivity (Wildman–Crippen MR) is 74.9 cm³/mol. The van der Waals surface area contributed by atoms with Crippen molar-refractivity contribution in [1.29, 1.82) is 0 Å². The van der Waals surface area contributed by atoms with E-state index in [9.17, 15) is 9.18 Å². The van der Waals surface area contributed by atoms with E-state index >= 15 is 0 Å². The molecule has 0 aliphatic carbocycles. The Kier molecular flexibility index (Phi) is 6.50. The number of nitrogens with two attached hydrogens (primary N) is 1. The van der Waals surface area contributed by atoms with E-state index in [1.807, 2.05) is 0 Å². The number of benzene rings is 1. The first-order chi connectivity index (χ1) is 9.02. The molecule has 0 spiro atoms.